The molecular formula is C16H20N4. The molecule has 4 nitrogen and oxygen atoms in total. The molecule has 0 spiro atoms. The second kappa shape index (κ2) is 6.73. The van der Waals surface area contributed by atoms with Crippen LogP contribution in [-0.4, -0.2) is 17.9 Å². The number of guanidine groups is 1. The third kappa shape index (κ3) is 3.83. The number of aryl methyl sites for hydroxylation is 1. The average molecular weight is 268 g/mol. The van der Waals surface area contributed by atoms with Crippen LogP contribution in [0.3, 0.4) is 0 Å². The van der Waals surface area contributed by atoms with Gasteiger partial charge in [-0.15, -0.1) is 0 Å². The zero-order valence-electron chi connectivity index (χ0n) is 11.9. The Kier molecular flexibility index (Phi) is 4.74. The summed E-state index contributed by atoms with van der Waals surface area (Å²) in [6.45, 7) is 2.83. The molecule has 0 aliphatic rings. The summed E-state index contributed by atoms with van der Waals surface area (Å²) in [7, 11) is 1.96. The molecule has 0 atom stereocenters. The first kappa shape index (κ1) is 14.1. The van der Waals surface area contributed by atoms with Crippen LogP contribution in [-0.2, 0) is 6.54 Å². The van der Waals surface area contributed by atoms with Crippen molar-refractivity contribution in [3.63, 3.8) is 0 Å². The number of nitrogens with zero attached hydrogens (tertiary/aromatic N) is 2. The molecule has 0 bridgehead atoms. The summed E-state index contributed by atoms with van der Waals surface area (Å²) in [5, 5.41) is 0. The van der Waals surface area contributed by atoms with Gasteiger partial charge in [-0.2, -0.15) is 0 Å². The molecule has 0 saturated heterocycles. The molecule has 0 fully saturated rings. The van der Waals surface area contributed by atoms with Crippen molar-refractivity contribution in [2.24, 2.45) is 10.8 Å². The van der Waals surface area contributed by atoms with Crippen LogP contribution in [0.1, 0.15) is 11.1 Å². The summed E-state index contributed by atoms with van der Waals surface area (Å²) in [5.41, 5.74) is 6.01. The first-order valence-electron chi connectivity index (χ1n) is 6.56. The van der Waals surface area contributed by atoms with E-state index in [-0.39, 0.29) is 0 Å². The Morgan fingerprint density at radius 1 is 1.15 bits per heavy atom. The Morgan fingerprint density at radius 3 is 2.55 bits per heavy atom. The highest BCUT2D eigenvalue weighted by Gasteiger charge is 2.06. The fourth-order valence-electron chi connectivity index (χ4n) is 2.01. The Morgan fingerprint density at radius 2 is 1.90 bits per heavy atom. The van der Waals surface area contributed by atoms with Crippen LogP contribution in [0.5, 0.6) is 0 Å². The van der Waals surface area contributed by atoms with Gasteiger partial charge in [0.1, 0.15) is 0 Å². The topological polar surface area (TPSA) is 53.6 Å². The van der Waals surface area contributed by atoms with Crippen LogP contribution in [0.2, 0.25) is 0 Å². The second-order valence-corrected chi connectivity index (χ2v) is 4.76. The van der Waals surface area contributed by atoms with Crippen molar-refractivity contribution >= 4 is 11.6 Å². The number of benzene rings is 2. The standard InChI is InChI=1S/C16H20N4/c1-13-7-6-8-14(11-13)12-20(2)16(19-17)18-15-9-4-3-5-10-15/h3-11H,12,17H2,1-2H3,(H,18,19). The van der Waals surface area contributed by atoms with Gasteiger partial charge in [-0.3, -0.25) is 5.43 Å². The minimum absolute atomic E-state index is 0.637. The summed E-state index contributed by atoms with van der Waals surface area (Å²) in [5.74, 6) is 6.22. The number of para-hydroxylation sites is 1. The van der Waals surface area contributed by atoms with E-state index in [4.69, 9.17) is 5.84 Å². The van der Waals surface area contributed by atoms with Gasteiger partial charge in [0.05, 0.1) is 5.69 Å². The molecule has 2 aromatic rings. The first-order valence-corrected chi connectivity index (χ1v) is 6.56. The highest BCUT2D eigenvalue weighted by molar-refractivity contribution is 5.81. The van der Waals surface area contributed by atoms with Crippen molar-refractivity contribution in [2.45, 2.75) is 13.5 Å². The maximum Gasteiger partial charge on any atom is 0.213 e. The van der Waals surface area contributed by atoms with Gasteiger partial charge in [-0.1, -0.05) is 48.0 Å². The van der Waals surface area contributed by atoms with Crippen LogP contribution in [0.25, 0.3) is 0 Å². The van der Waals surface area contributed by atoms with Gasteiger partial charge in [-0.25, -0.2) is 10.8 Å². The molecule has 0 radical (unpaired) electrons. The van der Waals surface area contributed by atoms with Crippen molar-refractivity contribution in [3.8, 4) is 0 Å². The van der Waals surface area contributed by atoms with Crippen molar-refractivity contribution in [2.75, 3.05) is 7.05 Å². The zero-order valence-corrected chi connectivity index (χ0v) is 11.9. The third-order valence-electron chi connectivity index (χ3n) is 2.98. The molecule has 0 saturated carbocycles. The molecule has 0 amide bonds. The van der Waals surface area contributed by atoms with E-state index in [9.17, 15) is 0 Å². The SMILES string of the molecule is Cc1cccc(CN(C)C(=Nc2ccccc2)NN)c1. The number of rotatable bonds is 3. The van der Waals surface area contributed by atoms with Crippen molar-refractivity contribution in [1.82, 2.24) is 10.3 Å². The first-order chi connectivity index (χ1) is 9.69. The van der Waals surface area contributed by atoms with Gasteiger partial charge in [-0.05, 0) is 24.6 Å². The second-order valence-electron chi connectivity index (χ2n) is 4.76. The van der Waals surface area contributed by atoms with Crippen molar-refractivity contribution < 1.29 is 0 Å². The molecule has 0 unspecified atom stereocenters. The lowest BCUT2D eigenvalue weighted by Crippen LogP contribution is -2.42. The van der Waals surface area contributed by atoms with Crippen molar-refractivity contribution in [1.29, 1.82) is 0 Å². The molecule has 0 aliphatic heterocycles. The fraction of sp³-hybridized carbons (Fsp3) is 0.188. The van der Waals surface area contributed by atoms with E-state index >= 15 is 0 Å². The maximum absolute atomic E-state index is 5.58. The van der Waals surface area contributed by atoms with Crippen LogP contribution >= 0.6 is 0 Å². The normalized spacial score (nSPS) is 11.2. The fourth-order valence-corrected chi connectivity index (χ4v) is 2.01. The summed E-state index contributed by atoms with van der Waals surface area (Å²) >= 11 is 0. The van der Waals surface area contributed by atoms with Crippen LogP contribution in [0.15, 0.2) is 59.6 Å². The summed E-state index contributed by atoms with van der Waals surface area (Å²) < 4.78 is 0. The Hall–Kier alpha value is -2.33. The number of nitrogens with one attached hydrogen (secondary N) is 1. The molecule has 2 aromatic carbocycles. The average Bonchev–Trinajstić information content (AvgIpc) is 2.45. The lowest BCUT2D eigenvalue weighted by Gasteiger charge is -2.20. The minimum Gasteiger partial charge on any atom is -0.340 e. The monoisotopic (exact) mass is 268 g/mol. The van der Waals surface area contributed by atoms with E-state index in [0.717, 1.165) is 12.2 Å². The number of hydrogen-bond acceptors (Lipinski definition) is 2. The molecule has 4 heteroatoms. The summed E-state index contributed by atoms with van der Waals surface area (Å²) in [6.07, 6.45) is 0. The highest BCUT2D eigenvalue weighted by Crippen LogP contribution is 2.12. The molecule has 2 rings (SSSR count). The van der Waals surface area contributed by atoms with E-state index in [0.29, 0.717) is 5.96 Å². The lowest BCUT2D eigenvalue weighted by molar-refractivity contribution is 0.480. The molecule has 104 valence electrons. The van der Waals surface area contributed by atoms with E-state index in [1.807, 2.05) is 42.3 Å². The lowest BCUT2D eigenvalue weighted by atomic mass is 10.1. The van der Waals surface area contributed by atoms with E-state index < -0.39 is 0 Å². The predicted octanol–water partition coefficient (Wildman–Crippen LogP) is 2.58. The Balaban J connectivity index is 2.13. The number of nitrogens with two attached hydrogens (primary N) is 1. The van der Waals surface area contributed by atoms with E-state index in [1.165, 1.54) is 11.1 Å². The van der Waals surface area contributed by atoms with Gasteiger partial charge in [0, 0.05) is 13.6 Å². The summed E-state index contributed by atoms with van der Waals surface area (Å²) in [6, 6.07) is 18.2. The van der Waals surface area contributed by atoms with E-state index in [2.05, 4.69) is 41.6 Å². The van der Waals surface area contributed by atoms with Gasteiger partial charge < -0.3 is 4.90 Å². The van der Waals surface area contributed by atoms with E-state index in [1.54, 1.807) is 0 Å². The third-order valence-corrected chi connectivity index (χ3v) is 2.98. The van der Waals surface area contributed by atoms with Gasteiger partial charge in [0.2, 0.25) is 5.96 Å². The summed E-state index contributed by atoms with van der Waals surface area (Å²) in [4.78, 5) is 6.49. The predicted molar refractivity (Wildman–Crippen MR) is 83.5 cm³/mol. The zero-order chi connectivity index (χ0) is 14.4. The smallest absolute Gasteiger partial charge is 0.213 e. The number of hydrogen-bond donors (Lipinski definition) is 2. The molecule has 0 heterocycles. The van der Waals surface area contributed by atoms with Gasteiger partial charge in [0.25, 0.3) is 0 Å². The molecular weight excluding hydrogens is 248 g/mol. The Bertz CT molecular complexity index is 578. The van der Waals surface area contributed by atoms with Gasteiger partial charge >= 0.3 is 0 Å². The molecule has 0 aromatic heterocycles. The van der Waals surface area contributed by atoms with Crippen LogP contribution in [0.4, 0.5) is 5.69 Å². The highest BCUT2D eigenvalue weighted by atomic mass is 15.4. The Labute approximate surface area is 119 Å². The van der Waals surface area contributed by atoms with Gasteiger partial charge in [0.15, 0.2) is 0 Å². The molecule has 3 N–H and O–H groups in total. The molecule has 20 heavy (non-hydrogen) atoms. The minimum atomic E-state index is 0.637. The molecule has 0 aliphatic carbocycles. The van der Waals surface area contributed by atoms with Crippen molar-refractivity contribution in [3.05, 3.63) is 65.7 Å². The van der Waals surface area contributed by atoms with Crippen LogP contribution in [0, 0.1) is 6.92 Å². The van der Waals surface area contributed by atoms with Crippen LogP contribution < -0.4 is 11.3 Å². The largest absolute Gasteiger partial charge is 0.340 e. The maximum atomic E-state index is 5.58. The number of aliphatic imine (C=N–C) groups is 1. The number of hydrazine groups is 1. The quantitative estimate of drug-likeness (QED) is 0.389.